The van der Waals surface area contributed by atoms with E-state index in [2.05, 4.69) is 17.2 Å². The Bertz CT molecular complexity index is 1360. The summed E-state index contributed by atoms with van der Waals surface area (Å²) in [5, 5.41) is 13.2. The van der Waals surface area contributed by atoms with Crippen molar-refractivity contribution in [3.05, 3.63) is 95.1 Å². The number of carbonyl (C=O) groups excluding carboxylic acids is 3. The normalized spacial score (nSPS) is 10.5. The molecule has 0 atom stereocenters. The van der Waals surface area contributed by atoms with Crippen LogP contribution in [-0.4, -0.2) is 37.3 Å². The van der Waals surface area contributed by atoms with Gasteiger partial charge >= 0.3 is 5.97 Å². The second-order valence-electron chi connectivity index (χ2n) is 8.81. The molecule has 8 nitrogen and oxygen atoms in total. The maximum absolute atomic E-state index is 13.4. The van der Waals surface area contributed by atoms with E-state index in [4.69, 9.17) is 15.9 Å². The van der Waals surface area contributed by atoms with E-state index in [1.807, 2.05) is 13.8 Å². The average molecular weight is 499 g/mol. The molecule has 0 aliphatic heterocycles. The van der Waals surface area contributed by atoms with Crippen molar-refractivity contribution in [1.29, 1.82) is 5.41 Å². The summed E-state index contributed by atoms with van der Waals surface area (Å²) in [7, 11) is 1.26. The molecule has 3 aromatic carbocycles. The lowest BCUT2D eigenvalue weighted by molar-refractivity contribution is 0.0601. The van der Waals surface area contributed by atoms with Crippen molar-refractivity contribution < 1.29 is 19.1 Å². The highest BCUT2D eigenvalue weighted by Gasteiger charge is 2.21. The van der Waals surface area contributed by atoms with Crippen molar-refractivity contribution in [2.45, 2.75) is 13.8 Å². The summed E-state index contributed by atoms with van der Waals surface area (Å²) in [5.41, 5.74) is 8.96. The van der Waals surface area contributed by atoms with E-state index in [0.717, 1.165) is 0 Å². The Balaban J connectivity index is 2.05. The lowest BCUT2D eigenvalue weighted by Gasteiger charge is -2.16. The number of rotatable bonds is 9. The Labute approximate surface area is 216 Å². The van der Waals surface area contributed by atoms with Gasteiger partial charge in [-0.15, -0.1) is 0 Å². The van der Waals surface area contributed by atoms with Crippen LogP contribution in [0.15, 0.2) is 67.2 Å². The number of nitrogen functional groups attached to an aromatic ring is 1. The summed E-state index contributed by atoms with van der Waals surface area (Å²) in [5.74, 6) is -1.15. The van der Waals surface area contributed by atoms with E-state index in [1.54, 1.807) is 60.7 Å². The molecule has 37 heavy (non-hydrogen) atoms. The zero-order valence-electron chi connectivity index (χ0n) is 21.1. The molecule has 3 rings (SSSR count). The van der Waals surface area contributed by atoms with Crippen molar-refractivity contribution in [2.75, 3.05) is 19.0 Å². The van der Waals surface area contributed by atoms with Crippen molar-refractivity contribution in [3.8, 4) is 11.1 Å². The number of amides is 2. The van der Waals surface area contributed by atoms with Gasteiger partial charge in [-0.1, -0.05) is 44.7 Å². The largest absolute Gasteiger partial charge is 0.465 e. The van der Waals surface area contributed by atoms with Crippen molar-refractivity contribution in [2.24, 2.45) is 11.7 Å². The average Bonchev–Trinajstić information content (AvgIpc) is 2.90. The second-order valence-corrected chi connectivity index (χ2v) is 8.81. The molecule has 0 aliphatic carbocycles. The van der Waals surface area contributed by atoms with Gasteiger partial charge in [0.25, 0.3) is 11.8 Å². The number of hydrogen-bond donors (Lipinski definition) is 4. The first-order valence-corrected chi connectivity index (χ1v) is 11.7. The Hall–Kier alpha value is -4.72. The Morgan fingerprint density at radius 2 is 1.57 bits per heavy atom. The van der Waals surface area contributed by atoms with Gasteiger partial charge in [-0.25, -0.2) is 4.79 Å². The van der Waals surface area contributed by atoms with Crippen LogP contribution in [0.1, 0.15) is 56.0 Å². The monoisotopic (exact) mass is 498 g/mol. The van der Waals surface area contributed by atoms with Gasteiger partial charge in [0.2, 0.25) is 0 Å². The summed E-state index contributed by atoms with van der Waals surface area (Å²) in [4.78, 5) is 38.7. The van der Waals surface area contributed by atoms with E-state index in [9.17, 15) is 14.4 Å². The molecular formula is C29H30N4O4. The molecule has 2 amide bonds. The Kier molecular flexibility index (Phi) is 8.58. The molecule has 0 aromatic heterocycles. The van der Waals surface area contributed by atoms with Gasteiger partial charge in [0.1, 0.15) is 5.84 Å². The van der Waals surface area contributed by atoms with Gasteiger partial charge < -0.3 is 21.1 Å². The standard InChI is InChI=1S/C29H30N4O4/c1-5-18-6-12-22(24(14-18)28(35)33-21-10-7-19(8-11-21)26(30)31)23-13-9-20(15-25(23)29(36)37-4)27(34)32-16-17(2)3/h5-15,17H,1,16H2,2-4H3,(H3,30,31)(H,32,34)(H,33,35). The minimum Gasteiger partial charge on any atom is -0.465 e. The highest BCUT2D eigenvalue weighted by molar-refractivity contribution is 6.11. The van der Waals surface area contributed by atoms with Gasteiger partial charge in [0.05, 0.1) is 12.7 Å². The van der Waals surface area contributed by atoms with Crippen LogP contribution in [0.25, 0.3) is 17.2 Å². The van der Waals surface area contributed by atoms with Gasteiger partial charge in [-0.3, -0.25) is 15.0 Å². The number of nitrogens with two attached hydrogens (primary N) is 1. The van der Waals surface area contributed by atoms with Gasteiger partial charge in [0, 0.05) is 28.9 Å². The molecule has 8 heteroatoms. The second kappa shape index (κ2) is 11.8. The zero-order chi connectivity index (χ0) is 27.1. The summed E-state index contributed by atoms with van der Waals surface area (Å²) >= 11 is 0. The molecule has 0 fully saturated rings. The summed E-state index contributed by atoms with van der Waals surface area (Å²) in [6.45, 7) is 8.25. The molecule has 0 radical (unpaired) electrons. The van der Waals surface area contributed by atoms with E-state index < -0.39 is 11.9 Å². The molecule has 0 saturated heterocycles. The number of ether oxygens (including phenoxy) is 1. The molecular weight excluding hydrogens is 468 g/mol. The lowest BCUT2D eigenvalue weighted by Crippen LogP contribution is -2.27. The minimum atomic E-state index is -0.632. The van der Waals surface area contributed by atoms with Gasteiger partial charge in [-0.05, 0) is 65.1 Å². The smallest absolute Gasteiger partial charge is 0.338 e. The molecule has 0 bridgehead atoms. The number of hydrogen-bond acceptors (Lipinski definition) is 5. The van der Waals surface area contributed by atoms with Crippen molar-refractivity contribution in [1.82, 2.24) is 5.32 Å². The van der Waals surface area contributed by atoms with Crippen molar-refractivity contribution >= 4 is 35.4 Å². The maximum Gasteiger partial charge on any atom is 0.338 e. The molecule has 190 valence electrons. The van der Waals surface area contributed by atoms with Crippen LogP contribution in [0.3, 0.4) is 0 Å². The van der Waals surface area contributed by atoms with E-state index in [0.29, 0.717) is 45.6 Å². The Morgan fingerprint density at radius 1 is 0.946 bits per heavy atom. The first-order chi connectivity index (χ1) is 17.6. The van der Waals surface area contributed by atoms with Crippen LogP contribution >= 0.6 is 0 Å². The SMILES string of the molecule is C=Cc1ccc(-c2ccc(C(=O)NCC(C)C)cc2C(=O)OC)c(C(=O)Nc2ccc(C(=N)N)cc2)c1. The number of carbonyl (C=O) groups is 3. The molecule has 0 spiro atoms. The highest BCUT2D eigenvalue weighted by Crippen LogP contribution is 2.31. The highest BCUT2D eigenvalue weighted by atomic mass is 16.5. The summed E-state index contributed by atoms with van der Waals surface area (Å²) < 4.78 is 4.99. The third kappa shape index (κ3) is 6.49. The van der Waals surface area contributed by atoms with E-state index in [1.165, 1.54) is 13.2 Å². The van der Waals surface area contributed by atoms with E-state index >= 15 is 0 Å². The number of methoxy groups -OCH3 is 1. The quantitative estimate of drug-likeness (QED) is 0.193. The number of benzene rings is 3. The van der Waals surface area contributed by atoms with Gasteiger partial charge in [0.15, 0.2) is 0 Å². The lowest BCUT2D eigenvalue weighted by atomic mass is 9.92. The van der Waals surface area contributed by atoms with Crippen LogP contribution in [0, 0.1) is 11.3 Å². The molecule has 5 N–H and O–H groups in total. The molecule has 3 aromatic rings. The summed E-state index contributed by atoms with van der Waals surface area (Å²) in [6.07, 6.45) is 1.62. The maximum atomic E-state index is 13.4. The molecule has 0 heterocycles. The number of esters is 1. The van der Waals surface area contributed by atoms with Gasteiger partial charge in [-0.2, -0.15) is 0 Å². The van der Waals surface area contributed by atoms with Crippen molar-refractivity contribution in [3.63, 3.8) is 0 Å². The van der Waals surface area contributed by atoms with Crippen LogP contribution in [-0.2, 0) is 4.74 Å². The fourth-order valence-corrected chi connectivity index (χ4v) is 3.64. The number of nitrogens with one attached hydrogen (secondary N) is 3. The number of anilines is 1. The first-order valence-electron chi connectivity index (χ1n) is 11.7. The van der Waals surface area contributed by atoms with Crippen LogP contribution in [0.2, 0.25) is 0 Å². The topological polar surface area (TPSA) is 134 Å². The summed E-state index contributed by atoms with van der Waals surface area (Å²) in [6, 6.07) is 16.5. The fourth-order valence-electron chi connectivity index (χ4n) is 3.64. The van der Waals surface area contributed by atoms with E-state index in [-0.39, 0.29) is 23.2 Å². The van der Waals surface area contributed by atoms with Crippen LogP contribution in [0.4, 0.5) is 5.69 Å². The van der Waals surface area contributed by atoms with Crippen LogP contribution < -0.4 is 16.4 Å². The third-order valence-corrected chi connectivity index (χ3v) is 5.63. The predicted octanol–water partition coefficient (Wildman–Crippen LogP) is 4.71. The first kappa shape index (κ1) is 26.9. The third-order valence-electron chi connectivity index (χ3n) is 5.63. The fraction of sp³-hybridized carbons (Fsp3) is 0.172. The zero-order valence-corrected chi connectivity index (χ0v) is 21.1. The number of amidine groups is 1. The minimum absolute atomic E-state index is 0.0736. The molecule has 0 unspecified atom stereocenters. The molecule has 0 aliphatic rings. The Morgan fingerprint density at radius 3 is 2.16 bits per heavy atom. The van der Waals surface area contributed by atoms with Crippen LogP contribution in [0.5, 0.6) is 0 Å². The predicted molar refractivity (Wildman–Crippen MR) is 146 cm³/mol. The molecule has 0 saturated carbocycles.